The van der Waals surface area contributed by atoms with E-state index in [1.807, 2.05) is 7.05 Å². The molecule has 1 unspecified atom stereocenters. The second kappa shape index (κ2) is 6.17. The topological polar surface area (TPSA) is 24.1 Å². The predicted octanol–water partition coefficient (Wildman–Crippen LogP) is 2.00. The maximum absolute atomic E-state index is 3.48. The first kappa shape index (κ1) is 11.7. The molecule has 0 saturated heterocycles. The van der Waals surface area contributed by atoms with Crippen molar-refractivity contribution in [1.82, 2.24) is 10.6 Å². The van der Waals surface area contributed by atoms with Gasteiger partial charge in [-0.2, -0.15) is 11.3 Å². The average Bonchev–Trinajstić information content (AvgIpc) is 2.52. The highest BCUT2D eigenvalue weighted by molar-refractivity contribution is 7.08. The summed E-state index contributed by atoms with van der Waals surface area (Å²) in [6.07, 6.45) is 0. The van der Waals surface area contributed by atoms with Crippen LogP contribution in [0.15, 0.2) is 10.8 Å². The molecule has 0 amide bonds. The van der Waals surface area contributed by atoms with Crippen LogP contribution in [0.25, 0.3) is 0 Å². The van der Waals surface area contributed by atoms with E-state index < -0.39 is 0 Å². The molecule has 2 N–H and O–H groups in total. The molecule has 0 aliphatic carbocycles. The number of hydrogen-bond acceptors (Lipinski definition) is 3. The summed E-state index contributed by atoms with van der Waals surface area (Å²) in [5.41, 5.74) is 2.84. The largest absolute Gasteiger partial charge is 0.319 e. The maximum Gasteiger partial charge on any atom is 0.0216 e. The Bertz CT molecular complexity index is 258. The third-order valence-electron chi connectivity index (χ3n) is 2.32. The van der Waals surface area contributed by atoms with Crippen LogP contribution < -0.4 is 10.6 Å². The van der Waals surface area contributed by atoms with Gasteiger partial charge in [-0.05, 0) is 54.9 Å². The third kappa shape index (κ3) is 3.78. The summed E-state index contributed by atoms with van der Waals surface area (Å²) in [6, 6.07) is 0. The zero-order chi connectivity index (χ0) is 10.4. The fourth-order valence-corrected chi connectivity index (χ4v) is 2.30. The van der Waals surface area contributed by atoms with Gasteiger partial charge in [0.1, 0.15) is 0 Å². The molecule has 0 aromatic carbocycles. The molecule has 1 aromatic rings. The Morgan fingerprint density at radius 3 is 2.71 bits per heavy atom. The molecular weight excluding hydrogens is 192 g/mol. The average molecular weight is 212 g/mol. The molecule has 0 spiro atoms. The molecule has 1 aromatic heterocycles. The Morgan fingerprint density at radius 1 is 1.36 bits per heavy atom. The van der Waals surface area contributed by atoms with E-state index in [0.29, 0.717) is 5.92 Å². The Kier molecular flexibility index (Phi) is 5.15. The molecule has 1 rings (SSSR count). The van der Waals surface area contributed by atoms with Crippen molar-refractivity contribution in [1.29, 1.82) is 0 Å². The molecule has 1 heterocycles. The van der Waals surface area contributed by atoms with E-state index in [2.05, 4.69) is 35.2 Å². The van der Waals surface area contributed by atoms with Crippen LogP contribution in [0.4, 0.5) is 0 Å². The first-order valence-corrected chi connectivity index (χ1v) is 6.05. The van der Waals surface area contributed by atoms with E-state index >= 15 is 0 Å². The Hall–Kier alpha value is -0.380. The molecule has 2 nitrogen and oxygen atoms in total. The molecule has 3 heteroatoms. The van der Waals surface area contributed by atoms with E-state index in [1.165, 1.54) is 11.1 Å². The first-order valence-electron chi connectivity index (χ1n) is 5.11. The summed E-state index contributed by atoms with van der Waals surface area (Å²) in [5.74, 6) is 0.693. The zero-order valence-corrected chi connectivity index (χ0v) is 10.1. The van der Waals surface area contributed by atoms with Crippen molar-refractivity contribution in [3.63, 3.8) is 0 Å². The van der Waals surface area contributed by atoms with Crippen molar-refractivity contribution in [2.45, 2.75) is 20.4 Å². The lowest BCUT2D eigenvalue weighted by Gasteiger charge is -2.11. The van der Waals surface area contributed by atoms with Gasteiger partial charge in [0.15, 0.2) is 0 Å². The van der Waals surface area contributed by atoms with Gasteiger partial charge in [-0.3, -0.25) is 0 Å². The Labute approximate surface area is 90.7 Å². The molecule has 0 aliphatic rings. The van der Waals surface area contributed by atoms with Crippen molar-refractivity contribution in [2.24, 2.45) is 5.92 Å². The molecular formula is C11H20N2S. The summed E-state index contributed by atoms with van der Waals surface area (Å²) in [5, 5.41) is 11.1. The molecule has 0 saturated carbocycles. The van der Waals surface area contributed by atoms with Crippen molar-refractivity contribution in [3.05, 3.63) is 21.9 Å². The monoisotopic (exact) mass is 212 g/mol. The van der Waals surface area contributed by atoms with E-state index in [1.54, 1.807) is 11.3 Å². The predicted molar refractivity (Wildman–Crippen MR) is 63.9 cm³/mol. The molecule has 80 valence electrons. The fourth-order valence-electron chi connectivity index (χ4n) is 1.44. The van der Waals surface area contributed by atoms with Gasteiger partial charge in [0.25, 0.3) is 0 Å². The van der Waals surface area contributed by atoms with Crippen LogP contribution >= 0.6 is 11.3 Å². The first-order chi connectivity index (χ1) is 6.74. The minimum absolute atomic E-state index is 0.693. The lowest BCUT2D eigenvalue weighted by Crippen LogP contribution is -2.27. The van der Waals surface area contributed by atoms with Gasteiger partial charge in [-0.1, -0.05) is 6.92 Å². The SMILES string of the molecule is CNCC(C)CNCc1cscc1C. The van der Waals surface area contributed by atoms with Crippen LogP contribution in [0.2, 0.25) is 0 Å². The van der Waals surface area contributed by atoms with Gasteiger partial charge < -0.3 is 10.6 Å². The van der Waals surface area contributed by atoms with Gasteiger partial charge in [0, 0.05) is 6.54 Å². The van der Waals surface area contributed by atoms with Crippen LogP contribution in [0.5, 0.6) is 0 Å². The standard InChI is InChI=1S/C11H20N2S/c1-9(4-12-3)5-13-6-11-8-14-7-10(11)2/h7-9,12-13H,4-6H2,1-3H3. The number of thiophene rings is 1. The van der Waals surface area contributed by atoms with Crippen molar-refractivity contribution in [2.75, 3.05) is 20.1 Å². The number of rotatable bonds is 6. The quantitative estimate of drug-likeness (QED) is 0.753. The summed E-state index contributed by atoms with van der Waals surface area (Å²) in [4.78, 5) is 0. The normalized spacial score (nSPS) is 13.1. The molecule has 0 radical (unpaired) electrons. The second-order valence-corrected chi connectivity index (χ2v) is 4.62. The highest BCUT2D eigenvalue weighted by atomic mass is 32.1. The summed E-state index contributed by atoms with van der Waals surface area (Å²) < 4.78 is 0. The van der Waals surface area contributed by atoms with Crippen LogP contribution in [0, 0.1) is 12.8 Å². The van der Waals surface area contributed by atoms with Crippen LogP contribution in [-0.2, 0) is 6.54 Å². The summed E-state index contributed by atoms with van der Waals surface area (Å²) in [7, 11) is 2.00. The van der Waals surface area contributed by atoms with Gasteiger partial charge in [-0.25, -0.2) is 0 Å². The van der Waals surface area contributed by atoms with Crippen LogP contribution in [-0.4, -0.2) is 20.1 Å². The fraction of sp³-hybridized carbons (Fsp3) is 0.636. The van der Waals surface area contributed by atoms with Crippen molar-refractivity contribution < 1.29 is 0 Å². The number of hydrogen-bond donors (Lipinski definition) is 2. The minimum Gasteiger partial charge on any atom is -0.319 e. The third-order valence-corrected chi connectivity index (χ3v) is 3.23. The molecule has 0 fully saturated rings. The van der Waals surface area contributed by atoms with Gasteiger partial charge in [0.05, 0.1) is 0 Å². The lowest BCUT2D eigenvalue weighted by molar-refractivity contribution is 0.491. The number of aryl methyl sites for hydroxylation is 1. The van der Waals surface area contributed by atoms with E-state index in [0.717, 1.165) is 19.6 Å². The minimum atomic E-state index is 0.693. The molecule has 14 heavy (non-hydrogen) atoms. The number of nitrogens with one attached hydrogen (secondary N) is 2. The summed E-state index contributed by atoms with van der Waals surface area (Å²) in [6.45, 7) is 7.59. The highest BCUT2D eigenvalue weighted by Crippen LogP contribution is 2.12. The highest BCUT2D eigenvalue weighted by Gasteiger charge is 2.01. The molecule has 0 bridgehead atoms. The zero-order valence-electron chi connectivity index (χ0n) is 9.26. The van der Waals surface area contributed by atoms with E-state index in [9.17, 15) is 0 Å². The van der Waals surface area contributed by atoms with Gasteiger partial charge in [-0.15, -0.1) is 0 Å². The molecule has 0 aliphatic heterocycles. The van der Waals surface area contributed by atoms with E-state index in [-0.39, 0.29) is 0 Å². The van der Waals surface area contributed by atoms with Crippen LogP contribution in [0.1, 0.15) is 18.1 Å². The van der Waals surface area contributed by atoms with E-state index in [4.69, 9.17) is 0 Å². The maximum atomic E-state index is 3.48. The van der Waals surface area contributed by atoms with Gasteiger partial charge in [0.2, 0.25) is 0 Å². The van der Waals surface area contributed by atoms with Crippen molar-refractivity contribution in [3.8, 4) is 0 Å². The Morgan fingerprint density at radius 2 is 2.14 bits per heavy atom. The molecule has 1 atom stereocenters. The Balaban J connectivity index is 2.19. The smallest absolute Gasteiger partial charge is 0.0216 e. The van der Waals surface area contributed by atoms with Crippen molar-refractivity contribution >= 4 is 11.3 Å². The van der Waals surface area contributed by atoms with Crippen LogP contribution in [0.3, 0.4) is 0 Å². The van der Waals surface area contributed by atoms with Gasteiger partial charge >= 0.3 is 0 Å². The lowest BCUT2D eigenvalue weighted by atomic mass is 10.1. The summed E-state index contributed by atoms with van der Waals surface area (Å²) >= 11 is 1.78. The second-order valence-electron chi connectivity index (χ2n) is 3.87.